The van der Waals surface area contributed by atoms with Crippen LogP contribution in [0.25, 0.3) is 0 Å². The van der Waals surface area contributed by atoms with Crippen LogP contribution in [0.4, 0.5) is 0 Å². The smallest absolute Gasteiger partial charge is 0.240 e. The number of hydrogen-bond donors (Lipinski definition) is 2. The van der Waals surface area contributed by atoms with Crippen LogP contribution in [0.2, 0.25) is 0 Å². The number of nitrogens with two attached hydrogens (primary N) is 1. The minimum absolute atomic E-state index is 0.00522. The van der Waals surface area contributed by atoms with Crippen LogP contribution in [0.15, 0.2) is 0 Å². The van der Waals surface area contributed by atoms with Crippen molar-refractivity contribution in [2.75, 3.05) is 13.1 Å². The van der Waals surface area contributed by atoms with E-state index < -0.39 is 6.04 Å². The fourth-order valence-electron chi connectivity index (χ4n) is 2.21. The molecule has 1 atom stereocenters. The highest BCUT2D eigenvalue weighted by molar-refractivity contribution is 5.86. The van der Waals surface area contributed by atoms with Gasteiger partial charge in [0, 0.05) is 25.0 Å². The summed E-state index contributed by atoms with van der Waals surface area (Å²) in [5, 5.41) is 3.27. The lowest BCUT2D eigenvalue weighted by Crippen LogP contribution is -2.51. The normalized spacial score (nSPS) is 20.8. The number of nitrogens with zero attached hydrogens (tertiary/aromatic N) is 1. The molecule has 0 aromatic rings. The van der Waals surface area contributed by atoms with Gasteiger partial charge in [0.2, 0.25) is 11.8 Å². The van der Waals surface area contributed by atoms with Gasteiger partial charge in [0.05, 0.1) is 0 Å². The predicted molar refractivity (Wildman–Crippen MR) is 70.9 cm³/mol. The van der Waals surface area contributed by atoms with Crippen molar-refractivity contribution in [3.05, 3.63) is 0 Å². The molecule has 1 aliphatic rings. The second-order valence-corrected chi connectivity index (χ2v) is 5.93. The molecule has 0 saturated carbocycles. The summed E-state index contributed by atoms with van der Waals surface area (Å²) in [6.07, 6.45) is 3.05. The van der Waals surface area contributed by atoms with Gasteiger partial charge in [-0.15, -0.1) is 0 Å². The fourth-order valence-corrected chi connectivity index (χ4v) is 2.21. The monoisotopic (exact) mass is 255 g/mol. The summed E-state index contributed by atoms with van der Waals surface area (Å²) in [4.78, 5) is 25.0. The van der Waals surface area contributed by atoms with E-state index in [-0.39, 0.29) is 17.4 Å². The van der Waals surface area contributed by atoms with Gasteiger partial charge in [-0.3, -0.25) is 9.59 Å². The van der Waals surface area contributed by atoms with Gasteiger partial charge in [-0.1, -0.05) is 0 Å². The van der Waals surface area contributed by atoms with Gasteiger partial charge in [-0.2, -0.15) is 0 Å². The highest BCUT2D eigenvalue weighted by atomic mass is 16.2. The van der Waals surface area contributed by atoms with E-state index in [2.05, 4.69) is 26.1 Å². The maximum atomic E-state index is 12.1. The molecule has 1 aliphatic heterocycles. The molecule has 1 rings (SSSR count). The largest absolute Gasteiger partial charge is 0.368 e. The molecule has 18 heavy (non-hydrogen) atoms. The molecule has 0 aliphatic carbocycles. The Morgan fingerprint density at radius 2 is 2.00 bits per heavy atom. The molecule has 0 aromatic carbocycles. The summed E-state index contributed by atoms with van der Waals surface area (Å²) in [5.74, 6) is -0.359. The molecule has 0 aromatic heterocycles. The molecule has 0 radical (unpaired) electrons. The molecule has 3 N–H and O–H groups in total. The number of hydrogen-bond acceptors (Lipinski definition) is 3. The summed E-state index contributed by atoms with van der Waals surface area (Å²) in [7, 11) is 0. The van der Waals surface area contributed by atoms with Gasteiger partial charge >= 0.3 is 0 Å². The highest BCUT2D eigenvalue weighted by Crippen LogP contribution is 2.17. The second-order valence-electron chi connectivity index (χ2n) is 5.93. The Balaban J connectivity index is 2.46. The average molecular weight is 255 g/mol. The predicted octanol–water partition coefficient (Wildman–Crippen LogP) is 0.631. The molecule has 1 heterocycles. The van der Waals surface area contributed by atoms with Crippen molar-refractivity contribution in [3.8, 4) is 0 Å². The second kappa shape index (κ2) is 6.18. The first-order chi connectivity index (χ1) is 8.31. The van der Waals surface area contributed by atoms with E-state index in [9.17, 15) is 9.59 Å². The Morgan fingerprint density at radius 3 is 2.56 bits per heavy atom. The lowest BCUT2D eigenvalue weighted by atomic mass is 10.0. The van der Waals surface area contributed by atoms with Crippen LogP contribution in [0.1, 0.15) is 46.5 Å². The van der Waals surface area contributed by atoms with Crippen LogP contribution in [-0.4, -0.2) is 41.4 Å². The number of carbonyl (C=O) groups is 2. The van der Waals surface area contributed by atoms with Gasteiger partial charge in [-0.05, 0) is 40.0 Å². The molecule has 0 spiro atoms. The van der Waals surface area contributed by atoms with E-state index in [0.29, 0.717) is 25.9 Å². The van der Waals surface area contributed by atoms with Crippen LogP contribution < -0.4 is 11.1 Å². The van der Waals surface area contributed by atoms with Crippen molar-refractivity contribution in [2.24, 2.45) is 5.73 Å². The zero-order valence-electron chi connectivity index (χ0n) is 11.7. The number of piperidine rings is 1. The number of carbonyl (C=O) groups excluding carboxylic acids is 2. The zero-order valence-corrected chi connectivity index (χ0v) is 11.7. The van der Waals surface area contributed by atoms with Gasteiger partial charge in [0.1, 0.15) is 6.04 Å². The van der Waals surface area contributed by atoms with Gasteiger partial charge in [0.15, 0.2) is 0 Å². The molecule has 1 unspecified atom stereocenters. The van der Waals surface area contributed by atoms with E-state index in [1.54, 1.807) is 4.90 Å². The minimum Gasteiger partial charge on any atom is -0.368 e. The molecule has 5 heteroatoms. The van der Waals surface area contributed by atoms with Gasteiger partial charge < -0.3 is 16.0 Å². The highest BCUT2D eigenvalue weighted by Gasteiger charge is 2.30. The van der Waals surface area contributed by atoms with Crippen molar-refractivity contribution < 1.29 is 9.59 Å². The maximum absolute atomic E-state index is 12.1. The van der Waals surface area contributed by atoms with Gasteiger partial charge in [-0.25, -0.2) is 0 Å². The molecule has 1 fully saturated rings. The Bertz CT molecular complexity index is 310. The number of amides is 2. The Morgan fingerprint density at radius 1 is 1.33 bits per heavy atom. The van der Waals surface area contributed by atoms with Crippen molar-refractivity contribution in [2.45, 2.75) is 58.0 Å². The molecule has 2 amide bonds. The third kappa shape index (κ3) is 4.64. The van der Waals surface area contributed by atoms with Crippen LogP contribution in [0.5, 0.6) is 0 Å². The van der Waals surface area contributed by atoms with Crippen LogP contribution in [-0.2, 0) is 9.59 Å². The number of likely N-dealkylation sites (tertiary alicyclic amines) is 1. The van der Waals surface area contributed by atoms with Crippen molar-refractivity contribution in [1.29, 1.82) is 0 Å². The summed E-state index contributed by atoms with van der Waals surface area (Å²) in [5.41, 5.74) is 5.35. The van der Waals surface area contributed by atoms with Crippen LogP contribution in [0, 0.1) is 0 Å². The third-order valence-electron chi connectivity index (χ3n) is 3.15. The lowest BCUT2D eigenvalue weighted by molar-refractivity contribution is -0.141. The standard InChI is InChI=1S/C13H25N3O2/c1-13(2,3)15-8-7-11(17)16-9-5-4-6-10(16)12(14)18/h10,15H,4-9H2,1-3H3,(H2,14,18). The van der Waals surface area contributed by atoms with Crippen LogP contribution in [0.3, 0.4) is 0 Å². The summed E-state index contributed by atoms with van der Waals surface area (Å²) < 4.78 is 0. The topological polar surface area (TPSA) is 75.4 Å². The summed E-state index contributed by atoms with van der Waals surface area (Å²) in [6.45, 7) is 7.46. The van der Waals surface area contributed by atoms with E-state index in [1.807, 2.05) is 0 Å². The molecule has 1 saturated heterocycles. The van der Waals surface area contributed by atoms with Gasteiger partial charge in [0.25, 0.3) is 0 Å². The average Bonchev–Trinajstić information content (AvgIpc) is 2.27. The van der Waals surface area contributed by atoms with E-state index >= 15 is 0 Å². The quantitative estimate of drug-likeness (QED) is 0.773. The molecular weight excluding hydrogens is 230 g/mol. The SMILES string of the molecule is CC(C)(C)NCCC(=O)N1CCCCC1C(N)=O. The minimum atomic E-state index is -0.402. The van der Waals surface area contributed by atoms with Crippen LogP contribution >= 0.6 is 0 Å². The first-order valence-electron chi connectivity index (χ1n) is 6.65. The third-order valence-corrected chi connectivity index (χ3v) is 3.15. The van der Waals surface area contributed by atoms with Crippen molar-refractivity contribution in [1.82, 2.24) is 10.2 Å². The first kappa shape index (κ1) is 15.0. The molecule has 0 bridgehead atoms. The van der Waals surface area contributed by atoms with E-state index in [0.717, 1.165) is 12.8 Å². The van der Waals surface area contributed by atoms with E-state index in [1.165, 1.54) is 0 Å². The Hall–Kier alpha value is -1.10. The maximum Gasteiger partial charge on any atom is 0.240 e. The zero-order chi connectivity index (χ0) is 13.8. The number of primary amides is 1. The lowest BCUT2D eigenvalue weighted by Gasteiger charge is -2.34. The number of rotatable bonds is 4. The Kier molecular flexibility index (Phi) is 5.14. The molecular formula is C13H25N3O2. The summed E-state index contributed by atoms with van der Waals surface area (Å²) >= 11 is 0. The fraction of sp³-hybridized carbons (Fsp3) is 0.846. The molecule has 104 valence electrons. The molecule has 5 nitrogen and oxygen atoms in total. The number of nitrogens with one attached hydrogen (secondary N) is 1. The Labute approximate surface area is 109 Å². The summed E-state index contributed by atoms with van der Waals surface area (Å²) in [6, 6.07) is -0.402. The van der Waals surface area contributed by atoms with E-state index in [4.69, 9.17) is 5.73 Å². The van der Waals surface area contributed by atoms with Crippen molar-refractivity contribution >= 4 is 11.8 Å². The van der Waals surface area contributed by atoms with Crippen molar-refractivity contribution in [3.63, 3.8) is 0 Å². The first-order valence-corrected chi connectivity index (χ1v) is 6.65.